The molecule has 18 heavy (non-hydrogen) atoms. The zero-order valence-corrected chi connectivity index (χ0v) is 10.7. The summed E-state index contributed by atoms with van der Waals surface area (Å²) >= 11 is 0. The Bertz CT molecular complexity index is 391. The number of amides is 2. The summed E-state index contributed by atoms with van der Waals surface area (Å²) in [6, 6.07) is -1.07. The summed E-state index contributed by atoms with van der Waals surface area (Å²) < 4.78 is 4.90. The molecule has 3 atom stereocenters. The number of hydrogen-bond donors (Lipinski definition) is 4. The summed E-state index contributed by atoms with van der Waals surface area (Å²) in [7, 11) is 0. The minimum absolute atomic E-state index is 0.109. The predicted octanol–water partition coefficient (Wildman–Crippen LogP) is -0.342. The maximum atomic E-state index is 11.4. The van der Waals surface area contributed by atoms with E-state index >= 15 is 0 Å². The van der Waals surface area contributed by atoms with E-state index in [0.717, 1.165) is 0 Å². The van der Waals surface area contributed by atoms with Crippen molar-refractivity contribution >= 4 is 6.03 Å². The Balaban J connectivity index is 2.38. The van der Waals surface area contributed by atoms with Crippen LogP contribution < -0.4 is 16.4 Å². The fourth-order valence-corrected chi connectivity index (χ4v) is 1.06. The van der Waals surface area contributed by atoms with Crippen LogP contribution in [0.25, 0.3) is 0 Å². The minimum Gasteiger partial charge on any atom is -0.391 e. The van der Waals surface area contributed by atoms with E-state index < -0.39 is 12.1 Å². The Labute approximate surface area is 105 Å². The summed E-state index contributed by atoms with van der Waals surface area (Å²) in [4.78, 5) is 15.4. The number of carbonyl (C=O) groups is 1. The lowest BCUT2D eigenvalue weighted by Crippen LogP contribution is -2.45. The van der Waals surface area contributed by atoms with E-state index in [1.807, 2.05) is 0 Å². The van der Waals surface area contributed by atoms with E-state index in [1.54, 1.807) is 20.8 Å². The topological polar surface area (TPSA) is 126 Å². The molecule has 1 heterocycles. The molecule has 3 unspecified atom stereocenters. The molecule has 0 aliphatic rings. The molecular weight excluding hydrogens is 238 g/mol. The molecule has 0 bridgehead atoms. The molecule has 0 aromatic carbocycles. The number of nitrogens with zero attached hydrogens (tertiary/aromatic N) is 2. The van der Waals surface area contributed by atoms with Crippen molar-refractivity contribution < 1.29 is 14.4 Å². The average molecular weight is 257 g/mol. The zero-order chi connectivity index (χ0) is 13.7. The van der Waals surface area contributed by atoms with E-state index in [1.165, 1.54) is 0 Å². The van der Waals surface area contributed by atoms with Gasteiger partial charge in [-0.15, -0.1) is 0 Å². The van der Waals surface area contributed by atoms with Gasteiger partial charge in [0.05, 0.1) is 24.7 Å². The monoisotopic (exact) mass is 257 g/mol. The molecule has 102 valence electrons. The Morgan fingerprint density at radius 2 is 2.17 bits per heavy atom. The van der Waals surface area contributed by atoms with Crippen LogP contribution in [0.1, 0.15) is 38.5 Å². The van der Waals surface area contributed by atoms with E-state index in [0.29, 0.717) is 5.82 Å². The number of carbonyl (C=O) groups excluding carboxylic acids is 1. The molecule has 0 saturated carbocycles. The average Bonchev–Trinajstić information content (AvgIpc) is 2.74. The third-order valence-electron chi connectivity index (χ3n) is 2.37. The Hall–Kier alpha value is -1.67. The van der Waals surface area contributed by atoms with Gasteiger partial charge in [0.15, 0.2) is 5.82 Å². The number of nitrogens with one attached hydrogen (secondary N) is 2. The first-order valence-electron chi connectivity index (χ1n) is 5.70. The largest absolute Gasteiger partial charge is 0.391 e. The summed E-state index contributed by atoms with van der Waals surface area (Å²) in [6.07, 6.45) is -0.621. The van der Waals surface area contributed by atoms with Crippen LogP contribution >= 0.6 is 0 Å². The van der Waals surface area contributed by atoms with Gasteiger partial charge in [0.2, 0.25) is 5.89 Å². The third-order valence-corrected chi connectivity index (χ3v) is 2.37. The quantitative estimate of drug-likeness (QED) is 0.571. The highest BCUT2D eigenvalue weighted by atomic mass is 16.5. The summed E-state index contributed by atoms with van der Waals surface area (Å²) in [5.74, 6) is 0.673. The molecule has 0 aliphatic carbocycles. The first kappa shape index (κ1) is 14.4. The maximum Gasteiger partial charge on any atom is 0.315 e. The van der Waals surface area contributed by atoms with Crippen molar-refractivity contribution in [2.24, 2.45) is 5.73 Å². The van der Waals surface area contributed by atoms with Crippen LogP contribution in [0.15, 0.2) is 4.52 Å². The molecule has 0 fully saturated rings. The zero-order valence-electron chi connectivity index (χ0n) is 10.7. The fraction of sp³-hybridized carbons (Fsp3) is 0.700. The van der Waals surface area contributed by atoms with Gasteiger partial charge in [-0.3, -0.25) is 0 Å². The number of nitrogens with two attached hydrogens (primary N) is 1. The number of rotatable bonds is 5. The number of urea groups is 1. The summed E-state index contributed by atoms with van der Waals surface area (Å²) in [5, 5.41) is 18.0. The van der Waals surface area contributed by atoms with E-state index in [2.05, 4.69) is 20.8 Å². The molecule has 2 amide bonds. The maximum absolute atomic E-state index is 11.4. The van der Waals surface area contributed by atoms with Crippen LogP contribution in [0.5, 0.6) is 0 Å². The van der Waals surface area contributed by atoms with Crippen LogP contribution in [-0.4, -0.2) is 33.4 Å². The highest BCUT2D eigenvalue weighted by molar-refractivity contribution is 5.74. The lowest BCUT2D eigenvalue weighted by molar-refractivity contribution is 0.152. The first-order valence-corrected chi connectivity index (χ1v) is 5.70. The SMILES string of the molecule is CC(N)c1noc(CNC(=O)NC(C)C(C)O)n1. The van der Waals surface area contributed by atoms with Gasteiger partial charge in [-0.2, -0.15) is 4.98 Å². The lowest BCUT2D eigenvalue weighted by atomic mass is 10.2. The number of aliphatic hydroxyl groups is 1. The fourth-order valence-electron chi connectivity index (χ4n) is 1.06. The Kier molecular flexibility index (Phi) is 5.05. The first-order chi connectivity index (χ1) is 8.40. The van der Waals surface area contributed by atoms with Gasteiger partial charge in [0.25, 0.3) is 0 Å². The normalized spacial score (nSPS) is 15.8. The molecule has 0 saturated heterocycles. The smallest absolute Gasteiger partial charge is 0.315 e. The molecule has 0 spiro atoms. The van der Waals surface area contributed by atoms with Crippen molar-refractivity contribution in [1.29, 1.82) is 0 Å². The molecular formula is C10H19N5O3. The van der Waals surface area contributed by atoms with Crippen molar-refractivity contribution in [3.05, 3.63) is 11.7 Å². The Morgan fingerprint density at radius 3 is 2.67 bits per heavy atom. The van der Waals surface area contributed by atoms with Gasteiger partial charge < -0.3 is 26.0 Å². The van der Waals surface area contributed by atoms with Crippen molar-refractivity contribution in [3.8, 4) is 0 Å². The van der Waals surface area contributed by atoms with Crippen LogP contribution in [0.2, 0.25) is 0 Å². The van der Waals surface area contributed by atoms with E-state index in [-0.39, 0.29) is 24.5 Å². The lowest BCUT2D eigenvalue weighted by Gasteiger charge is -2.16. The minimum atomic E-state index is -0.621. The van der Waals surface area contributed by atoms with Gasteiger partial charge in [0.1, 0.15) is 0 Å². The molecule has 5 N–H and O–H groups in total. The Morgan fingerprint density at radius 1 is 1.50 bits per heavy atom. The standard InChI is InChI=1S/C10H19N5O3/c1-5(11)9-14-8(18-15-9)4-12-10(17)13-6(2)7(3)16/h5-7,16H,4,11H2,1-3H3,(H2,12,13,17). The second-order valence-electron chi connectivity index (χ2n) is 4.19. The second-order valence-corrected chi connectivity index (χ2v) is 4.19. The van der Waals surface area contributed by atoms with Crippen molar-refractivity contribution in [1.82, 2.24) is 20.8 Å². The molecule has 1 aromatic rings. The number of hydrogen-bond acceptors (Lipinski definition) is 6. The van der Waals surface area contributed by atoms with E-state index in [4.69, 9.17) is 10.3 Å². The van der Waals surface area contributed by atoms with Crippen LogP contribution in [-0.2, 0) is 6.54 Å². The molecule has 0 aliphatic heterocycles. The summed E-state index contributed by atoms with van der Waals surface area (Å²) in [5.41, 5.74) is 5.57. The molecule has 0 radical (unpaired) electrons. The molecule has 1 aromatic heterocycles. The van der Waals surface area contributed by atoms with Gasteiger partial charge in [-0.25, -0.2) is 4.79 Å². The number of aromatic nitrogens is 2. The highest BCUT2D eigenvalue weighted by Crippen LogP contribution is 2.04. The summed E-state index contributed by atoms with van der Waals surface area (Å²) in [6.45, 7) is 5.14. The predicted molar refractivity (Wildman–Crippen MR) is 63.4 cm³/mol. The van der Waals surface area contributed by atoms with Crippen molar-refractivity contribution in [3.63, 3.8) is 0 Å². The van der Waals surface area contributed by atoms with Gasteiger partial charge in [-0.1, -0.05) is 5.16 Å². The van der Waals surface area contributed by atoms with Crippen LogP contribution in [0, 0.1) is 0 Å². The van der Waals surface area contributed by atoms with Crippen LogP contribution in [0.4, 0.5) is 4.79 Å². The third kappa shape index (κ3) is 4.30. The second kappa shape index (κ2) is 6.31. The highest BCUT2D eigenvalue weighted by Gasteiger charge is 2.13. The molecule has 8 nitrogen and oxygen atoms in total. The van der Waals surface area contributed by atoms with Gasteiger partial charge >= 0.3 is 6.03 Å². The van der Waals surface area contributed by atoms with Crippen LogP contribution in [0.3, 0.4) is 0 Å². The molecule has 1 rings (SSSR count). The van der Waals surface area contributed by atoms with Crippen molar-refractivity contribution in [2.75, 3.05) is 0 Å². The van der Waals surface area contributed by atoms with Gasteiger partial charge in [0, 0.05) is 0 Å². The van der Waals surface area contributed by atoms with Gasteiger partial charge in [-0.05, 0) is 20.8 Å². The van der Waals surface area contributed by atoms with E-state index in [9.17, 15) is 9.90 Å². The number of aliphatic hydroxyl groups excluding tert-OH is 1. The van der Waals surface area contributed by atoms with Crippen molar-refractivity contribution in [2.45, 2.75) is 45.5 Å². The molecule has 8 heteroatoms.